The molecular formula is C21H25ClN2O3. The van der Waals surface area contributed by atoms with Gasteiger partial charge in [0.1, 0.15) is 5.75 Å². The highest BCUT2D eigenvalue weighted by Gasteiger charge is 2.19. The van der Waals surface area contributed by atoms with Crippen molar-refractivity contribution in [2.24, 2.45) is 0 Å². The lowest BCUT2D eigenvalue weighted by Crippen LogP contribution is -2.33. The van der Waals surface area contributed by atoms with Crippen LogP contribution < -0.4 is 15.4 Å². The van der Waals surface area contributed by atoms with Gasteiger partial charge in [0, 0.05) is 11.9 Å². The molecule has 2 amide bonds. The molecular weight excluding hydrogens is 364 g/mol. The maximum Gasteiger partial charge on any atom is 0.222 e. The Balaban J connectivity index is 2.01. The third-order valence-corrected chi connectivity index (χ3v) is 4.36. The van der Waals surface area contributed by atoms with Gasteiger partial charge in [-0.3, -0.25) is 9.59 Å². The lowest BCUT2D eigenvalue weighted by atomic mass is 10.0. The van der Waals surface area contributed by atoms with E-state index < -0.39 is 6.04 Å². The molecule has 2 aromatic carbocycles. The monoisotopic (exact) mass is 388 g/mol. The molecule has 27 heavy (non-hydrogen) atoms. The Hall–Kier alpha value is -2.53. The average molecular weight is 389 g/mol. The number of halogens is 1. The molecule has 144 valence electrons. The van der Waals surface area contributed by atoms with Gasteiger partial charge in [-0.05, 0) is 49.2 Å². The molecule has 0 aliphatic rings. The van der Waals surface area contributed by atoms with E-state index >= 15 is 0 Å². The number of rotatable bonds is 8. The minimum absolute atomic E-state index is 0.141. The SMILES string of the molecule is CCOc1ccc(C(C)NC(=O)CC(NC(C)=O)c2ccc(Cl)cc2)cc1. The normalized spacial score (nSPS) is 12.7. The molecule has 0 radical (unpaired) electrons. The summed E-state index contributed by atoms with van der Waals surface area (Å²) in [5.41, 5.74) is 1.81. The van der Waals surface area contributed by atoms with E-state index in [1.54, 1.807) is 12.1 Å². The fourth-order valence-corrected chi connectivity index (χ4v) is 2.91. The topological polar surface area (TPSA) is 67.4 Å². The fraction of sp³-hybridized carbons (Fsp3) is 0.333. The Morgan fingerprint density at radius 1 is 1.00 bits per heavy atom. The highest BCUT2D eigenvalue weighted by Crippen LogP contribution is 2.21. The second-order valence-corrected chi connectivity index (χ2v) is 6.74. The quantitative estimate of drug-likeness (QED) is 0.712. The van der Waals surface area contributed by atoms with Crippen LogP contribution in [0.1, 0.15) is 50.4 Å². The van der Waals surface area contributed by atoms with Gasteiger partial charge in [-0.15, -0.1) is 0 Å². The molecule has 0 saturated carbocycles. The molecule has 0 fully saturated rings. The first-order valence-electron chi connectivity index (χ1n) is 8.93. The van der Waals surface area contributed by atoms with E-state index in [1.807, 2.05) is 50.2 Å². The smallest absolute Gasteiger partial charge is 0.222 e. The van der Waals surface area contributed by atoms with Crippen LogP contribution in [0.3, 0.4) is 0 Å². The van der Waals surface area contributed by atoms with Crippen LogP contribution in [0.4, 0.5) is 0 Å². The van der Waals surface area contributed by atoms with E-state index in [0.29, 0.717) is 11.6 Å². The van der Waals surface area contributed by atoms with Gasteiger partial charge in [0.2, 0.25) is 11.8 Å². The average Bonchev–Trinajstić information content (AvgIpc) is 2.62. The van der Waals surface area contributed by atoms with Crippen LogP contribution in [0.5, 0.6) is 5.75 Å². The lowest BCUT2D eigenvalue weighted by Gasteiger charge is -2.20. The number of hydrogen-bond acceptors (Lipinski definition) is 3. The molecule has 0 saturated heterocycles. The van der Waals surface area contributed by atoms with Crippen molar-refractivity contribution in [1.82, 2.24) is 10.6 Å². The first kappa shape index (κ1) is 20.8. The molecule has 0 heterocycles. The number of carbonyl (C=O) groups is 2. The summed E-state index contributed by atoms with van der Waals surface area (Å²) < 4.78 is 5.43. The summed E-state index contributed by atoms with van der Waals surface area (Å²) in [5, 5.41) is 6.40. The molecule has 0 aliphatic carbocycles. The van der Waals surface area contributed by atoms with Gasteiger partial charge < -0.3 is 15.4 Å². The van der Waals surface area contributed by atoms with Crippen molar-refractivity contribution in [1.29, 1.82) is 0 Å². The van der Waals surface area contributed by atoms with E-state index in [2.05, 4.69) is 10.6 Å². The van der Waals surface area contributed by atoms with Gasteiger partial charge >= 0.3 is 0 Å². The lowest BCUT2D eigenvalue weighted by molar-refractivity contribution is -0.123. The first-order valence-corrected chi connectivity index (χ1v) is 9.31. The predicted octanol–water partition coefficient (Wildman–Crippen LogP) is 4.18. The van der Waals surface area contributed by atoms with Crippen molar-refractivity contribution < 1.29 is 14.3 Å². The molecule has 0 aliphatic heterocycles. The van der Waals surface area contributed by atoms with Crippen LogP contribution in [-0.4, -0.2) is 18.4 Å². The zero-order chi connectivity index (χ0) is 19.8. The van der Waals surface area contributed by atoms with Crippen molar-refractivity contribution in [2.75, 3.05) is 6.61 Å². The summed E-state index contributed by atoms with van der Waals surface area (Å²) >= 11 is 5.92. The van der Waals surface area contributed by atoms with E-state index in [1.165, 1.54) is 6.92 Å². The Bertz CT molecular complexity index is 760. The minimum atomic E-state index is -0.410. The van der Waals surface area contributed by atoms with Crippen molar-refractivity contribution in [3.05, 3.63) is 64.7 Å². The van der Waals surface area contributed by atoms with Crippen LogP contribution in [0.25, 0.3) is 0 Å². The first-order chi connectivity index (χ1) is 12.9. The van der Waals surface area contributed by atoms with Gasteiger partial charge in [0.15, 0.2) is 0 Å². The van der Waals surface area contributed by atoms with Crippen molar-refractivity contribution in [2.45, 2.75) is 39.3 Å². The molecule has 0 spiro atoms. The summed E-state index contributed by atoms with van der Waals surface area (Å²) in [4.78, 5) is 24.0. The summed E-state index contributed by atoms with van der Waals surface area (Å²) in [5.74, 6) is 0.459. The molecule has 2 unspecified atom stereocenters. The van der Waals surface area contributed by atoms with E-state index in [4.69, 9.17) is 16.3 Å². The number of benzene rings is 2. The van der Waals surface area contributed by atoms with E-state index in [9.17, 15) is 9.59 Å². The van der Waals surface area contributed by atoms with Crippen molar-refractivity contribution in [3.63, 3.8) is 0 Å². The number of amides is 2. The molecule has 2 rings (SSSR count). The molecule has 6 heteroatoms. The Labute approximate surface area is 165 Å². The van der Waals surface area contributed by atoms with Crippen molar-refractivity contribution >= 4 is 23.4 Å². The zero-order valence-electron chi connectivity index (χ0n) is 15.8. The van der Waals surface area contributed by atoms with Gasteiger partial charge in [0.05, 0.1) is 25.1 Å². The maximum absolute atomic E-state index is 12.5. The summed E-state index contributed by atoms with van der Waals surface area (Å²) in [6.45, 7) is 5.90. The Kier molecular flexibility index (Phi) is 7.67. The highest BCUT2D eigenvalue weighted by atomic mass is 35.5. The van der Waals surface area contributed by atoms with Gasteiger partial charge in [-0.2, -0.15) is 0 Å². The second-order valence-electron chi connectivity index (χ2n) is 6.30. The summed E-state index contributed by atoms with van der Waals surface area (Å²) in [6.07, 6.45) is 0.141. The van der Waals surface area contributed by atoms with Crippen molar-refractivity contribution in [3.8, 4) is 5.75 Å². The third-order valence-electron chi connectivity index (χ3n) is 4.11. The standard InChI is InChI=1S/C21H25ClN2O3/c1-4-27-19-11-7-16(8-12-19)14(2)23-21(26)13-20(24-15(3)25)17-5-9-18(22)10-6-17/h5-12,14,20H,4,13H2,1-3H3,(H,23,26)(H,24,25). The van der Waals surface area contributed by atoms with Crippen LogP contribution in [0.2, 0.25) is 5.02 Å². The third kappa shape index (κ3) is 6.61. The predicted molar refractivity (Wildman–Crippen MR) is 107 cm³/mol. The highest BCUT2D eigenvalue weighted by molar-refractivity contribution is 6.30. The van der Waals surface area contributed by atoms with E-state index in [0.717, 1.165) is 16.9 Å². The van der Waals surface area contributed by atoms with Crippen LogP contribution in [0, 0.1) is 0 Å². The van der Waals surface area contributed by atoms with Crippen LogP contribution in [-0.2, 0) is 9.59 Å². The Morgan fingerprint density at radius 3 is 2.15 bits per heavy atom. The summed E-state index contributed by atoms with van der Waals surface area (Å²) in [6, 6.07) is 14.2. The van der Waals surface area contributed by atoms with E-state index in [-0.39, 0.29) is 24.3 Å². The molecule has 0 aromatic heterocycles. The van der Waals surface area contributed by atoms with Crippen LogP contribution >= 0.6 is 11.6 Å². The molecule has 0 bridgehead atoms. The summed E-state index contributed by atoms with van der Waals surface area (Å²) in [7, 11) is 0. The number of hydrogen-bond donors (Lipinski definition) is 2. The minimum Gasteiger partial charge on any atom is -0.494 e. The van der Waals surface area contributed by atoms with Gasteiger partial charge in [-0.25, -0.2) is 0 Å². The molecule has 2 N–H and O–H groups in total. The van der Waals surface area contributed by atoms with Gasteiger partial charge in [0.25, 0.3) is 0 Å². The number of nitrogens with one attached hydrogen (secondary N) is 2. The molecule has 2 atom stereocenters. The largest absolute Gasteiger partial charge is 0.494 e. The Morgan fingerprint density at radius 2 is 1.59 bits per heavy atom. The zero-order valence-corrected chi connectivity index (χ0v) is 16.5. The molecule has 5 nitrogen and oxygen atoms in total. The number of ether oxygens (including phenoxy) is 1. The fourth-order valence-electron chi connectivity index (χ4n) is 2.78. The second kappa shape index (κ2) is 9.97. The molecule has 2 aromatic rings. The van der Waals surface area contributed by atoms with Crippen LogP contribution in [0.15, 0.2) is 48.5 Å². The maximum atomic E-state index is 12.5. The number of carbonyl (C=O) groups excluding carboxylic acids is 2. The van der Waals surface area contributed by atoms with Gasteiger partial charge in [-0.1, -0.05) is 35.9 Å².